The van der Waals surface area contributed by atoms with Crippen molar-refractivity contribution in [1.82, 2.24) is 10.2 Å². The molecule has 1 fully saturated rings. The van der Waals surface area contributed by atoms with Crippen LogP contribution in [-0.2, 0) is 0 Å². The summed E-state index contributed by atoms with van der Waals surface area (Å²) < 4.78 is 19.5. The Morgan fingerprint density at radius 2 is 2.14 bits per heavy atom. The Bertz CT molecular complexity index is 470. The van der Waals surface area contributed by atoms with Crippen LogP contribution in [0, 0.1) is 5.82 Å². The second-order valence-corrected chi connectivity index (χ2v) is 5.48. The summed E-state index contributed by atoms with van der Waals surface area (Å²) in [6, 6.07) is 3.45. The van der Waals surface area contributed by atoms with Crippen LogP contribution in [-0.4, -0.2) is 37.7 Å². The Labute approximate surface area is 142 Å². The third kappa shape index (κ3) is 4.59. The first-order valence-corrected chi connectivity index (χ1v) is 7.72. The normalized spacial score (nSPS) is 16.7. The molecule has 1 saturated heterocycles. The lowest BCUT2D eigenvalue weighted by Gasteiger charge is -2.35. The molecule has 0 radical (unpaired) electrons. The minimum absolute atomic E-state index is 0. The van der Waals surface area contributed by atoms with Crippen molar-refractivity contribution in [3.8, 4) is 5.75 Å². The van der Waals surface area contributed by atoms with Crippen molar-refractivity contribution in [2.24, 2.45) is 0 Å². The topological polar surface area (TPSA) is 24.5 Å². The standard InChI is InChI=1S/C16H22ClFN2O.ClH/c1-3-5-15(20-8-6-19-7-9-20)12-10-13(17)16(21-4-2)14(18)11-12;/h3,10-11,15,19H,1,4-9H2,2H3;1H/t15-;/m0./s1. The molecule has 0 unspecified atom stereocenters. The Morgan fingerprint density at radius 1 is 1.45 bits per heavy atom. The molecule has 124 valence electrons. The van der Waals surface area contributed by atoms with Gasteiger partial charge in [-0.2, -0.15) is 0 Å². The van der Waals surface area contributed by atoms with Crippen LogP contribution in [0.3, 0.4) is 0 Å². The number of hydrogen-bond donors (Lipinski definition) is 1. The molecule has 22 heavy (non-hydrogen) atoms. The van der Waals surface area contributed by atoms with Crippen LogP contribution in [0.2, 0.25) is 5.02 Å². The Morgan fingerprint density at radius 3 is 2.68 bits per heavy atom. The monoisotopic (exact) mass is 348 g/mol. The zero-order valence-electron chi connectivity index (χ0n) is 12.8. The van der Waals surface area contributed by atoms with Crippen molar-refractivity contribution in [2.45, 2.75) is 19.4 Å². The minimum atomic E-state index is -0.399. The molecule has 0 amide bonds. The molecule has 1 aliphatic rings. The van der Waals surface area contributed by atoms with Crippen molar-refractivity contribution >= 4 is 24.0 Å². The highest BCUT2D eigenvalue weighted by Crippen LogP contribution is 2.34. The van der Waals surface area contributed by atoms with E-state index in [0.29, 0.717) is 11.6 Å². The summed E-state index contributed by atoms with van der Waals surface area (Å²) in [5, 5.41) is 3.65. The second kappa shape index (κ2) is 9.36. The Hall–Kier alpha value is -0.810. The number of nitrogens with one attached hydrogen (secondary N) is 1. The Balaban J connectivity index is 0.00000242. The molecule has 1 aromatic carbocycles. The van der Waals surface area contributed by atoms with Gasteiger partial charge in [0.2, 0.25) is 0 Å². The van der Waals surface area contributed by atoms with Gasteiger partial charge in [0.05, 0.1) is 11.6 Å². The van der Waals surface area contributed by atoms with Crippen LogP contribution in [0.5, 0.6) is 5.75 Å². The quantitative estimate of drug-likeness (QED) is 0.790. The molecular formula is C16H23Cl2FN2O. The molecule has 0 bridgehead atoms. The van der Waals surface area contributed by atoms with Crippen molar-refractivity contribution < 1.29 is 9.13 Å². The summed E-state index contributed by atoms with van der Waals surface area (Å²) in [5.74, 6) is -0.260. The number of piperazine rings is 1. The lowest BCUT2D eigenvalue weighted by Crippen LogP contribution is -2.45. The van der Waals surface area contributed by atoms with Gasteiger partial charge in [0.1, 0.15) is 0 Å². The van der Waals surface area contributed by atoms with Gasteiger partial charge in [0, 0.05) is 32.2 Å². The molecule has 0 aromatic heterocycles. The largest absolute Gasteiger partial charge is 0.489 e. The lowest BCUT2D eigenvalue weighted by molar-refractivity contribution is 0.174. The highest BCUT2D eigenvalue weighted by atomic mass is 35.5. The number of benzene rings is 1. The smallest absolute Gasteiger partial charge is 0.173 e. The third-order valence-corrected chi connectivity index (χ3v) is 3.96. The summed E-state index contributed by atoms with van der Waals surface area (Å²) in [7, 11) is 0. The van der Waals surface area contributed by atoms with E-state index in [0.717, 1.165) is 38.2 Å². The molecular weight excluding hydrogens is 326 g/mol. The molecule has 0 aliphatic carbocycles. The Kier molecular flexibility index (Phi) is 8.18. The summed E-state index contributed by atoms with van der Waals surface area (Å²) in [5.41, 5.74) is 0.878. The molecule has 1 aliphatic heterocycles. The molecule has 3 nitrogen and oxygen atoms in total. The van der Waals surface area contributed by atoms with Crippen molar-refractivity contribution in [3.05, 3.63) is 41.2 Å². The lowest BCUT2D eigenvalue weighted by atomic mass is 10.0. The van der Waals surface area contributed by atoms with Crippen LogP contribution < -0.4 is 10.1 Å². The van der Waals surface area contributed by atoms with Crippen molar-refractivity contribution in [3.63, 3.8) is 0 Å². The van der Waals surface area contributed by atoms with Gasteiger partial charge >= 0.3 is 0 Å². The van der Waals surface area contributed by atoms with Gasteiger partial charge in [0.15, 0.2) is 11.6 Å². The average molecular weight is 349 g/mol. The maximum absolute atomic E-state index is 14.2. The van der Waals surface area contributed by atoms with Gasteiger partial charge in [-0.05, 0) is 31.0 Å². The highest BCUT2D eigenvalue weighted by Gasteiger charge is 2.23. The number of ether oxygens (including phenoxy) is 1. The zero-order chi connectivity index (χ0) is 15.2. The van der Waals surface area contributed by atoms with Crippen LogP contribution in [0.4, 0.5) is 4.39 Å². The number of hydrogen-bond acceptors (Lipinski definition) is 3. The van der Waals surface area contributed by atoms with Crippen LogP contribution in [0.15, 0.2) is 24.8 Å². The maximum Gasteiger partial charge on any atom is 0.173 e. The van der Waals surface area contributed by atoms with E-state index in [1.807, 2.05) is 19.1 Å². The second-order valence-electron chi connectivity index (χ2n) is 5.07. The van der Waals surface area contributed by atoms with Crippen LogP contribution in [0.25, 0.3) is 0 Å². The summed E-state index contributed by atoms with van der Waals surface area (Å²) in [4.78, 5) is 2.34. The summed E-state index contributed by atoms with van der Waals surface area (Å²) >= 11 is 6.17. The first-order chi connectivity index (χ1) is 10.2. The number of rotatable bonds is 6. The molecule has 1 aromatic rings. The van der Waals surface area contributed by atoms with E-state index in [4.69, 9.17) is 16.3 Å². The average Bonchev–Trinajstić information content (AvgIpc) is 2.49. The van der Waals surface area contributed by atoms with Gasteiger partial charge in [-0.25, -0.2) is 4.39 Å². The predicted molar refractivity (Wildman–Crippen MR) is 91.8 cm³/mol. The van der Waals surface area contributed by atoms with E-state index in [2.05, 4.69) is 16.8 Å². The van der Waals surface area contributed by atoms with E-state index in [1.54, 1.807) is 0 Å². The maximum atomic E-state index is 14.2. The molecule has 2 rings (SSSR count). The predicted octanol–water partition coefficient (Wildman–Crippen LogP) is 3.82. The van der Waals surface area contributed by atoms with Crippen molar-refractivity contribution in [1.29, 1.82) is 0 Å². The third-order valence-electron chi connectivity index (χ3n) is 3.68. The van der Waals surface area contributed by atoms with Crippen LogP contribution >= 0.6 is 24.0 Å². The molecule has 0 saturated carbocycles. The fourth-order valence-corrected chi connectivity index (χ4v) is 2.97. The van der Waals surface area contributed by atoms with Gasteiger partial charge in [-0.15, -0.1) is 19.0 Å². The van der Waals surface area contributed by atoms with E-state index in [1.165, 1.54) is 6.07 Å². The molecule has 1 atom stereocenters. The first kappa shape index (κ1) is 19.2. The SMILES string of the molecule is C=CC[C@@H](c1cc(F)c(OCC)c(Cl)c1)N1CCNCC1.Cl. The van der Waals surface area contributed by atoms with Gasteiger partial charge in [0.25, 0.3) is 0 Å². The molecule has 1 N–H and O–H groups in total. The molecule has 6 heteroatoms. The minimum Gasteiger partial charge on any atom is -0.489 e. The molecule has 0 spiro atoms. The van der Waals surface area contributed by atoms with E-state index in [-0.39, 0.29) is 24.2 Å². The zero-order valence-corrected chi connectivity index (χ0v) is 14.4. The molecule has 1 heterocycles. The van der Waals surface area contributed by atoms with Gasteiger partial charge in [-0.3, -0.25) is 4.90 Å². The summed E-state index contributed by atoms with van der Waals surface area (Å²) in [6.07, 6.45) is 2.64. The van der Waals surface area contributed by atoms with Gasteiger partial charge < -0.3 is 10.1 Å². The van der Waals surface area contributed by atoms with Gasteiger partial charge in [-0.1, -0.05) is 17.7 Å². The fraction of sp³-hybridized carbons (Fsp3) is 0.500. The van der Waals surface area contributed by atoms with Crippen LogP contribution in [0.1, 0.15) is 24.9 Å². The van der Waals surface area contributed by atoms with E-state index in [9.17, 15) is 4.39 Å². The number of nitrogens with zero attached hydrogens (tertiary/aromatic N) is 1. The fourth-order valence-electron chi connectivity index (χ4n) is 2.70. The van der Waals surface area contributed by atoms with E-state index >= 15 is 0 Å². The summed E-state index contributed by atoms with van der Waals surface area (Å²) in [6.45, 7) is 9.78. The van der Waals surface area contributed by atoms with Crippen molar-refractivity contribution in [2.75, 3.05) is 32.8 Å². The highest BCUT2D eigenvalue weighted by molar-refractivity contribution is 6.32. The first-order valence-electron chi connectivity index (χ1n) is 7.34. The number of halogens is 3. The van der Waals surface area contributed by atoms with E-state index < -0.39 is 5.82 Å².